The molecule has 1 unspecified atom stereocenters. The Kier molecular flexibility index (Phi) is 5.10. The first-order chi connectivity index (χ1) is 10.9. The number of benzene rings is 1. The fourth-order valence-corrected chi connectivity index (χ4v) is 2.17. The van der Waals surface area contributed by atoms with E-state index in [9.17, 15) is 9.59 Å². The Balaban J connectivity index is 2.14. The van der Waals surface area contributed by atoms with Gasteiger partial charge in [-0.25, -0.2) is 0 Å². The van der Waals surface area contributed by atoms with Gasteiger partial charge in [0.2, 0.25) is 5.91 Å². The van der Waals surface area contributed by atoms with Crippen molar-refractivity contribution in [3.8, 4) is 0 Å². The van der Waals surface area contributed by atoms with Crippen molar-refractivity contribution in [3.05, 3.63) is 41.5 Å². The molecule has 0 aliphatic heterocycles. The van der Waals surface area contributed by atoms with Gasteiger partial charge in [0.15, 0.2) is 5.82 Å². The predicted molar refractivity (Wildman–Crippen MR) is 87.0 cm³/mol. The van der Waals surface area contributed by atoms with Crippen molar-refractivity contribution in [2.75, 3.05) is 5.32 Å². The second kappa shape index (κ2) is 7.04. The number of hydrogen-bond acceptors (Lipinski definition) is 4. The van der Waals surface area contributed by atoms with Gasteiger partial charge < -0.3 is 15.2 Å². The molecule has 2 aromatic rings. The molecule has 7 heteroatoms. The van der Waals surface area contributed by atoms with Gasteiger partial charge in [-0.1, -0.05) is 13.0 Å². The topological polar surface area (TPSA) is 88.9 Å². The summed E-state index contributed by atoms with van der Waals surface area (Å²) in [7, 11) is 1.82. The van der Waals surface area contributed by atoms with E-state index in [2.05, 4.69) is 20.8 Å². The first-order valence-electron chi connectivity index (χ1n) is 7.47. The maximum absolute atomic E-state index is 12.4. The average Bonchev–Trinajstić information content (AvgIpc) is 2.95. The van der Waals surface area contributed by atoms with Crippen LogP contribution in [0.4, 0.5) is 5.69 Å². The molecule has 0 saturated heterocycles. The molecule has 1 atom stereocenters. The van der Waals surface area contributed by atoms with Crippen LogP contribution in [0.1, 0.15) is 48.1 Å². The standard InChI is InChI=1S/C16H21N5O2/c1-5-14(22)19-13-8-12(7-6-10(13)2)16(23)18-11(3)15-20-17-9-21(15)4/h6-9,11H,5H2,1-4H3,(H,18,23)(H,19,22). The van der Waals surface area contributed by atoms with Crippen LogP contribution in [0.3, 0.4) is 0 Å². The van der Waals surface area contributed by atoms with Gasteiger partial charge in [0.1, 0.15) is 6.33 Å². The molecule has 2 rings (SSSR count). The fourth-order valence-electron chi connectivity index (χ4n) is 2.17. The Morgan fingerprint density at radius 1 is 1.35 bits per heavy atom. The Bertz CT molecular complexity index is 723. The lowest BCUT2D eigenvalue weighted by atomic mass is 10.1. The number of rotatable bonds is 5. The number of aromatic nitrogens is 3. The molecule has 122 valence electrons. The summed E-state index contributed by atoms with van der Waals surface area (Å²) in [4.78, 5) is 24.0. The van der Waals surface area contributed by atoms with Gasteiger partial charge in [-0.2, -0.15) is 0 Å². The SMILES string of the molecule is CCC(=O)Nc1cc(C(=O)NC(C)c2nncn2C)ccc1C. The summed E-state index contributed by atoms with van der Waals surface area (Å²) in [6, 6.07) is 4.95. The van der Waals surface area contributed by atoms with Gasteiger partial charge in [-0.15, -0.1) is 10.2 Å². The van der Waals surface area contributed by atoms with Crippen molar-refractivity contribution >= 4 is 17.5 Å². The summed E-state index contributed by atoms with van der Waals surface area (Å²) in [5.74, 6) is 0.357. The molecule has 1 aromatic heterocycles. The molecule has 2 N–H and O–H groups in total. The Labute approximate surface area is 135 Å². The molecular weight excluding hydrogens is 294 g/mol. The van der Waals surface area contributed by atoms with Crippen LogP contribution in [0, 0.1) is 6.92 Å². The lowest BCUT2D eigenvalue weighted by molar-refractivity contribution is -0.115. The lowest BCUT2D eigenvalue weighted by Gasteiger charge is -2.14. The lowest BCUT2D eigenvalue weighted by Crippen LogP contribution is -2.28. The summed E-state index contributed by atoms with van der Waals surface area (Å²) < 4.78 is 1.76. The minimum Gasteiger partial charge on any atom is -0.342 e. The molecule has 0 aliphatic rings. The van der Waals surface area contributed by atoms with E-state index in [0.717, 1.165) is 5.56 Å². The van der Waals surface area contributed by atoms with Gasteiger partial charge >= 0.3 is 0 Å². The number of carbonyl (C=O) groups is 2. The van der Waals surface area contributed by atoms with Crippen LogP contribution in [0.25, 0.3) is 0 Å². The van der Waals surface area contributed by atoms with E-state index in [4.69, 9.17) is 0 Å². The smallest absolute Gasteiger partial charge is 0.251 e. The van der Waals surface area contributed by atoms with Crippen molar-refractivity contribution in [2.45, 2.75) is 33.2 Å². The molecule has 1 aromatic carbocycles. The highest BCUT2D eigenvalue weighted by Crippen LogP contribution is 2.18. The van der Waals surface area contributed by atoms with E-state index in [1.165, 1.54) is 0 Å². The van der Waals surface area contributed by atoms with E-state index in [1.54, 1.807) is 30.0 Å². The summed E-state index contributed by atoms with van der Waals surface area (Å²) in [5.41, 5.74) is 2.04. The Hall–Kier alpha value is -2.70. The van der Waals surface area contributed by atoms with Crippen LogP contribution in [0.5, 0.6) is 0 Å². The summed E-state index contributed by atoms with van der Waals surface area (Å²) in [6.07, 6.45) is 1.97. The van der Waals surface area contributed by atoms with Crippen LogP contribution in [-0.2, 0) is 11.8 Å². The summed E-state index contributed by atoms with van der Waals surface area (Å²) in [5, 5.41) is 13.5. The van der Waals surface area contributed by atoms with Gasteiger partial charge in [-0.05, 0) is 31.5 Å². The van der Waals surface area contributed by atoms with E-state index in [1.807, 2.05) is 27.0 Å². The van der Waals surface area contributed by atoms with E-state index >= 15 is 0 Å². The van der Waals surface area contributed by atoms with Crippen LogP contribution in [0.2, 0.25) is 0 Å². The second-order valence-corrected chi connectivity index (χ2v) is 5.43. The number of amides is 2. The highest BCUT2D eigenvalue weighted by molar-refractivity contribution is 5.97. The highest BCUT2D eigenvalue weighted by atomic mass is 16.2. The van der Waals surface area contributed by atoms with Gasteiger partial charge in [-0.3, -0.25) is 9.59 Å². The molecule has 0 saturated carbocycles. The first kappa shape index (κ1) is 16.7. The number of nitrogens with one attached hydrogen (secondary N) is 2. The predicted octanol–water partition coefficient (Wildman–Crippen LogP) is 1.96. The van der Waals surface area contributed by atoms with Crippen LogP contribution >= 0.6 is 0 Å². The van der Waals surface area contributed by atoms with Crippen molar-refractivity contribution in [2.24, 2.45) is 7.05 Å². The second-order valence-electron chi connectivity index (χ2n) is 5.43. The summed E-state index contributed by atoms with van der Waals surface area (Å²) in [6.45, 7) is 5.51. The normalized spacial score (nSPS) is 11.8. The molecule has 23 heavy (non-hydrogen) atoms. The minimum absolute atomic E-state index is 0.0851. The Morgan fingerprint density at radius 2 is 2.09 bits per heavy atom. The molecule has 1 heterocycles. The average molecular weight is 315 g/mol. The summed E-state index contributed by atoms with van der Waals surface area (Å²) >= 11 is 0. The van der Waals surface area contributed by atoms with Crippen molar-refractivity contribution in [3.63, 3.8) is 0 Å². The number of nitrogens with zero attached hydrogens (tertiary/aromatic N) is 3. The number of hydrogen-bond donors (Lipinski definition) is 2. The van der Waals surface area contributed by atoms with E-state index in [-0.39, 0.29) is 17.9 Å². The maximum atomic E-state index is 12.4. The highest BCUT2D eigenvalue weighted by Gasteiger charge is 2.16. The van der Waals surface area contributed by atoms with Crippen molar-refractivity contribution in [1.29, 1.82) is 0 Å². The number of aryl methyl sites for hydroxylation is 2. The van der Waals surface area contributed by atoms with Crippen molar-refractivity contribution in [1.82, 2.24) is 20.1 Å². The molecule has 0 bridgehead atoms. The quantitative estimate of drug-likeness (QED) is 0.882. The molecular formula is C16H21N5O2. The van der Waals surface area contributed by atoms with E-state index in [0.29, 0.717) is 23.5 Å². The van der Waals surface area contributed by atoms with Gasteiger partial charge in [0, 0.05) is 24.7 Å². The van der Waals surface area contributed by atoms with Crippen LogP contribution < -0.4 is 10.6 Å². The van der Waals surface area contributed by atoms with Crippen molar-refractivity contribution < 1.29 is 9.59 Å². The zero-order chi connectivity index (χ0) is 17.0. The van der Waals surface area contributed by atoms with Crippen LogP contribution in [0.15, 0.2) is 24.5 Å². The molecule has 0 radical (unpaired) electrons. The zero-order valence-electron chi connectivity index (χ0n) is 13.8. The minimum atomic E-state index is -0.273. The third-order valence-electron chi connectivity index (χ3n) is 3.58. The van der Waals surface area contributed by atoms with Gasteiger partial charge in [0.25, 0.3) is 5.91 Å². The molecule has 0 fully saturated rings. The van der Waals surface area contributed by atoms with Crippen LogP contribution in [-0.4, -0.2) is 26.6 Å². The largest absolute Gasteiger partial charge is 0.342 e. The van der Waals surface area contributed by atoms with E-state index < -0.39 is 0 Å². The first-order valence-corrected chi connectivity index (χ1v) is 7.47. The zero-order valence-corrected chi connectivity index (χ0v) is 13.8. The fraction of sp³-hybridized carbons (Fsp3) is 0.375. The molecule has 0 spiro atoms. The number of anilines is 1. The maximum Gasteiger partial charge on any atom is 0.251 e. The molecule has 7 nitrogen and oxygen atoms in total. The third-order valence-corrected chi connectivity index (χ3v) is 3.58. The van der Waals surface area contributed by atoms with Gasteiger partial charge in [0.05, 0.1) is 6.04 Å². The Morgan fingerprint density at radius 3 is 2.70 bits per heavy atom. The molecule has 2 amide bonds. The number of carbonyl (C=O) groups excluding carboxylic acids is 2. The molecule has 0 aliphatic carbocycles. The third kappa shape index (κ3) is 3.94. The monoisotopic (exact) mass is 315 g/mol.